The van der Waals surface area contributed by atoms with Gasteiger partial charge in [-0.1, -0.05) is 55.1 Å². The molecule has 154 valence electrons. The van der Waals surface area contributed by atoms with Crippen molar-refractivity contribution in [1.82, 2.24) is 15.6 Å². The highest BCUT2D eigenvalue weighted by atomic mass is 32.2. The fourth-order valence-corrected chi connectivity index (χ4v) is 3.65. The largest absolute Gasteiger partial charge is 0.431 e. The number of nitrogens with zero attached hydrogens (tertiary/aromatic N) is 1. The molecule has 0 aliphatic heterocycles. The Labute approximate surface area is 175 Å². The molecule has 1 atom stereocenters. The molecule has 0 aliphatic carbocycles. The van der Waals surface area contributed by atoms with Gasteiger partial charge in [-0.3, -0.25) is 4.79 Å². The average molecular weight is 414 g/mol. The summed E-state index contributed by atoms with van der Waals surface area (Å²) in [5.41, 5.74) is 4.05. The Morgan fingerprint density at radius 2 is 2.00 bits per heavy atom. The molecule has 6 nitrogen and oxygen atoms in total. The highest BCUT2D eigenvalue weighted by Crippen LogP contribution is 2.23. The van der Waals surface area contributed by atoms with Crippen molar-refractivity contribution >= 4 is 28.8 Å². The molecule has 0 fully saturated rings. The van der Waals surface area contributed by atoms with Crippen molar-refractivity contribution in [3.05, 3.63) is 59.7 Å². The highest BCUT2D eigenvalue weighted by molar-refractivity contribution is 7.99. The number of oxazole rings is 1. The van der Waals surface area contributed by atoms with Crippen LogP contribution in [0, 0.1) is 0 Å². The first-order valence-electron chi connectivity index (χ1n) is 9.85. The summed E-state index contributed by atoms with van der Waals surface area (Å²) in [6.07, 6.45) is 0.721. The minimum Gasteiger partial charge on any atom is -0.431 e. The van der Waals surface area contributed by atoms with Crippen LogP contribution in [0.1, 0.15) is 24.5 Å². The van der Waals surface area contributed by atoms with Crippen molar-refractivity contribution in [2.24, 2.45) is 0 Å². The van der Waals surface area contributed by atoms with Gasteiger partial charge in [-0.05, 0) is 29.7 Å². The Hall–Kier alpha value is -2.35. The number of aryl methyl sites for hydroxylation is 1. The molecule has 3 rings (SSSR count). The van der Waals surface area contributed by atoms with Crippen molar-refractivity contribution in [2.45, 2.75) is 37.6 Å². The van der Waals surface area contributed by atoms with Gasteiger partial charge >= 0.3 is 0 Å². The molecule has 2 aromatic carbocycles. The third kappa shape index (κ3) is 6.88. The molecule has 0 radical (unpaired) electrons. The molecule has 1 amide bonds. The van der Waals surface area contributed by atoms with Crippen molar-refractivity contribution in [3.63, 3.8) is 0 Å². The molecule has 0 saturated carbocycles. The Morgan fingerprint density at radius 3 is 2.83 bits per heavy atom. The number of hydrogen-bond acceptors (Lipinski definition) is 6. The zero-order valence-corrected chi connectivity index (χ0v) is 17.4. The van der Waals surface area contributed by atoms with E-state index >= 15 is 0 Å². The summed E-state index contributed by atoms with van der Waals surface area (Å²) >= 11 is 1.41. The Bertz CT molecular complexity index is 895. The van der Waals surface area contributed by atoms with Crippen LogP contribution in [0.2, 0.25) is 0 Å². The number of aliphatic hydroxyl groups excluding tert-OH is 1. The minimum atomic E-state index is -0.627. The maximum atomic E-state index is 12.0. The smallest absolute Gasteiger partial charge is 0.256 e. The van der Waals surface area contributed by atoms with Gasteiger partial charge in [-0.15, -0.1) is 0 Å². The lowest BCUT2D eigenvalue weighted by Crippen LogP contribution is -2.38. The van der Waals surface area contributed by atoms with Gasteiger partial charge < -0.3 is 20.2 Å². The summed E-state index contributed by atoms with van der Waals surface area (Å²) in [5.74, 6) is 0.476. The number of thioether (sulfide) groups is 1. The second-order valence-corrected chi connectivity index (χ2v) is 7.85. The van der Waals surface area contributed by atoms with E-state index in [2.05, 4.69) is 40.7 Å². The van der Waals surface area contributed by atoms with E-state index < -0.39 is 6.10 Å². The number of aliphatic hydroxyl groups is 1. The molecule has 3 N–H and O–H groups in total. The van der Waals surface area contributed by atoms with E-state index in [-0.39, 0.29) is 12.5 Å². The molecule has 3 aromatic rings. The van der Waals surface area contributed by atoms with Crippen LogP contribution >= 0.6 is 11.8 Å². The molecule has 1 unspecified atom stereocenters. The van der Waals surface area contributed by atoms with Gasteiger partial charge in [-0.2, -0.15) is 0 Å². The number of benzene rings is 2. The number of rotatable bonds is 11. The molecule has 0 bridgehead atoms. The van der Waals surface area contributed by atoms with Gasteiger partial charge in [0.15, 0.2) is 5.58 Å². The van der Waals surface area contributed by atoms with Gasteiger partial charge in [0.1, 0.15) is 5.52 Å². The van der Waals surface area contributed by atoms with Crippen molar-refractivity contribution in [1.29, 1.82) is 0 Å². The Balaban J connectivity index is 1.29. The van der Waals surface area contributed by atoms with Gasteiger partial charge in [0.2, 0.25) is 5.91 Å². The Morgan fingerprint density at radius 1 is 1.17 bits per heavy atom. The fraction of sp³-hybridized carbons (Fsp3) is 0.364. The van der Waals surface area contributed by atoms with Crippen LogP contribution in [0.3, 0.4) is 0 Å². The first-order chi connectivity index (χ1) is 14.1. The number of aromatic nitrogens is 1. The normalized spacial score (nSPS) is 12.2. The van der Waals surface area contributed by atoms with E-state index in [9.17, 15) is 9.90 Å². The number of amides is 1. The molecule has 1 aromatic heterocycles. The van der Waals surface area contributed by atoms with Crippen LogP contribution in [0.15, 0.2) is 58.2 Å². The molecule has 0 spiro atoms. The van der Waals surface area contributed by atoms with Crippen LogP contribution in [0.25, 0.3) is 11.1 Å². The average Bonchev–Trinajstić information content (AvgIpc) is 3.15. The summed E-state index contributed by atoms with van der Waals surface area (Å²) in [4.78, 5) is 16.3. The number of carbonyl (C=O) groups excluding carboxylic acids is 1. The maximum absolute atomic E-state index is 12.0. The third-order valence-electron chi connectivity index (χ3n) is 4.47. The zero-order valence-electron chi connectivity index (χ0n) is 16.6. The van der Waals surface area contributed by atoms with Gasteiger partial charge in [0.05, 0.1) is 6.10 Å². The second kappa shape index (κ2) is 11.0. The van der Waals surface area contributed by atoms with Gasteiger partial charge in [-0.25, -0.2) is 4.98 Å². The highest BCUT2D eigenvalue weighted by Gasteiger charge is 2.09. The van der Waals surface area contributed by atoms with Crippen LogP contribution < -0.4 is 10.6 Å². The SMILES string of the molecule is CCc1cccc(CNCC(O)CNC(=O)CCSc2nc3ccccc3o2)c1. The quantitative estimate of drug-likeness (QED) is 0.419. The summed E-state index contributed by atoms with van der Waals surface area (Å²) in [6.45, 7) is 3.48. The molecule has 0 saturated heterocycles. The number of nitrogens with one attached hydrogen (secondary N) is 2. The van der Waals surface area contributed by atoms with E-state index in [0.29, 0.717) is 30.5 Å². The second-order valence-electron chi connectivity index (χ2n) is 6.81. The molecule has 7 heteroatoms. The van der Waals surface area contributed by atoms with Crippen molar-refractivity contribution < 1.29 is 14.3 Å². The van der Waals surface area contributed by atoms with Gasteiger partial charge in [0, 0.05) is 31.8 Å². The first-order valence-corrected chi connectivity index (χ1v) is 10.8. The molecular weight excluding hydrogens is 386 g/mol. The summed E-state index contributed by atoms with van der Waals surface area (Å²) in [6, 6.07) is 16.0. The minimum absolute atomic E-state index is 0.0942. The maximum Gasteiger partial charge on any atom is 0.256 e. The monoisotopic (exact) mass is 413 g/mol. The van der Waals surface area contributed by atoms with E-state index in [1.54, 1.807) is 0 Å². The summed E-state index contributed by atoms with van der Waals surface area (Å²) < 4.78 is 5.62. The third-order valence-corrected chi connectivity index (χ3v) is 5.30. The standard InChI is InChI=1S/C22H27N3O3S/c1-2-16-6-5-7-17(12-16)13-23-14-18(26)15-24-21(27)10-11-29-22-25-19-8-3-4-9-20(19)28-22/h3-9,12,18,23,26H,2,10-11,13-15H2,1H3,(H,24,27). The van der Waals surface area contributed by atoms with Crippen LogP contribution in [0.5, 0.6) is 0 Å². The summed E-state index contributed by atoms with van der Waals surface area (Å²) in [7, 11) is 0. The zero-order chi connectivity index (χ0) is 20.5. The number of para-hydroxylation sites is 2. The predicted molar refractivity (Wildman–Crippen MR) is 116 cm³/mol. The lowest BCUT2D eigenvalue weighted by Gasteiger charge is -2.13. The molecule has 0 aliphatic rings. The number of hydrogen-bond donors (Lipinski definition) is 3. The van der Waals surface area contributed by atoms with E-state index in [1.807, 2.05) is 30.3 Å². The fourth-order valence-electron chi connectivity index (χ4n) is 2.88. The van der Waals surface area contributed by atoms with E-state index in [1.165, 1.54) is 22.9 Å². The van der Waals surface area contributed by atoms with Crippen molar-refractivity contribution in [2.75, 3.05) is 18.8 Å². The molecular formula is C22H27N3O3S. The van der Waals surface area contributed by atoms with Gasteiger partial charge in [0.25, 0.3) is 5.22 Å². The lowest BCUT2D eigenvalue weighted by molar-refractivity contribution is -0.121. The van der Waals surface area contributed by atoms with Crippen LogP contribution in [-0.4, -0.2) is 40.9 Å². The van der Waals surface area contributed by atoms with Crippen LogP contribution in [-0.2, 0) is 17.8 Å². The number of fused-ring (bicyclic) bond motifs is 1. The van der Waals surface area contributed by atoms with E-state index in [0.717, 1.165) is 17.5 Å². The first kappa shape index (κ1) is 21.4. The predicted octanol–water partition coefficient (Wildman–Crippen LogP) is 3.14. The Kier molecular flexibility index (Phi) is 8.10. The molecule has 29 heavy (non-hydrogen) atoms. The summed E-state index contributed by atoms with van der Waals surface area (Å²) in [5, 5.41) is 16.6. The van der Waals surface area contributed by atoms with E-state index in [4.69, 9.17) is 4.42 Å². The van der Waals surface area contributed by atoms with Crippen LogP contribution in [0.4, 0.5) is 0 Å². The topological polar surface area (TPSA) is 87.4 Å². The lowest BCUT2D eigenvalue weighted by atomic mass is 10.1. The van der Waals surface area contributed by atoms with Crippen molar-refractivity contribution in [3.8, 4) is 0 Å². The molecule has 1 heterocycles. The number of carbonyl (C=O) groups is 1.